The minimum Gasteiger partial charge on any atom is -0.493 e. The van der Waals surface area contributed by atoms with Gasteiger partial charge in [0.2, 0.25) is 5.88 Å². The zero-order chi connectivity index (χ0) is 20.1. The molecule has 0 bridgehead atoms. The molecule has 10 heteroatoms. The smallest absolute Gasteiger partial charge is 0.339 e. The van der Waals surface area contributed by atoms with Gasteiger partial charge >= 0.3 is 11.7 Å². The summed E-state index contributed by atoms with van der Waals surface area (Å²) in [7, 11) is 0. The van der Waals surface area contributed by atoms with Crippen LogP contribution in [0.1, 0.15) is 5.56 Å². The number of aromatic amines is 1. The van der Waals surface area contributed by atoms with Crippen LogP contribution in [-0.4, -0.2) is 26.9 Å². The second kappa shape index (κ2) is 8.23. The van der Waals surface area contributed by atoms with Crippen molar-refractivity contribution in [1.82, 2.24) is 15.0 Å². The lowest BCUT2D eigenvalue weighted by Crippen LogP contribution is -2.32. The maximum absolute atomic E-state index is 12.1. The number of H-pyrrole nitrogens is 1. The van der Waals surface area contributed by atoms with Gasteiger partial charge in [-0.15, -0.1) is 0 Å². The van der Waals surface area contributed by atoms with E-state index in [0.717, 1.165) is 10.8 Å². The lowest BCUT2D eigenvalue weighted by atomic mass is 10.3. The van der Waals surface area contributed by atoms with Crippen LogP contribution in [-0.2, 0) is 0 Å². The van der Waals surface area contributed by atoms with Crippen molar-refractivity contribution in [1.29, 1.82) is 0 Å². The molecule has 9 nitrogen and oxygen atoms in total. The molecule has 3 rings (SSSR count). The number of aromatic nitrogens is 2. The quantitative estimate of drug-likeness (QED) is 0.395. The Hall–Kier alpha value is -3.85. The predicted octanol–water partition coefficient (Wildman–Crippen LogP) is 2.04. The average Bonchev–Trinajstić information content (AvgIpc) is 2.66. The number of para-hydroxylation sites is 2. The zero-order valence-corrected chi connectivity index (χ0v) is 15.0. The molecule has 1 heterocycles. The number of amides is 2. The Morgan fingerprint density at radius 2 is 1.79 bits per heavy atom. The first-order valence-corrected chi connectivity index (χ1v) is 8.33. The summed E-state index contributed by atoms with van der Waals surface area (Å²) in [4.78, 5) is 38.0. The topological polar surface area (TPSA) is 129 Å². The van der Waals surface area contributed by atoms with Crippen molar-refractivity contribution >= 4 is 29.5 Å². The number of hydrogen-bond acceptors (Lipinski definition) is 5. The predicted molar refractivity (Wildman–Crippen MR) is 106 cm³/mol. The van der Waals surface area contributed by atoms with E-state index in [9.17, 15) is 19.5 Å². The number of aromatic hydroxyl groups is 1. The van der Waals surface area contributed by atoms with Crippen LogP contribution in [0.3, 0.4) is 0 Å². The number of hydrazone groups is 1. The highest BCUT2D eigenvalue weighted by atomic mass is 35.5. The number of anilines is 1. The van der Waals surface area contributed by atoms with Crippen LogP contribution < -0.4 is 22.0 Å². The maximum atomic E-state index is 12.1. The van der Waals surface area contributed by atoms with Gasteiger partial charge in [-0.1, -0.05) is 41.9 Å². The molecule has 1 aromatic heterocycles. The molecule has 28 heavy (non-hydrogen) atoms. The largest absolute Gasteiger partial charge is 0.493 e. The van der Waals surface area contributed by atoms with E-state index in [1.165, 1.54) is 12.1 Å². The molecule has 0 aliphatic heterocycles. The van der Waals surface area contributed by atoms with Gasteiger partial charge in [-0.3, -0.25) is 9.78 Å². The van der Waals surface area contributed by atoms with Crippen LogP contribution in [0.25, 0.3) is 5.69 Å². The zero-order valence-electron chi connectivity index (χ0n) is 14.2. The molecular weight excluding hydrogens is 386 g/mol. The Labute approximate surface area is 162 Å². The number of nitrogens with zero attached hydrogens (tertiary/aromatic N) is 2. The Balaban J connectivity index is 1.86. The van der Waals surface area contributed by atoms with Crippen molar-refractivity contribution in [3.63, 3.8) is 0 Å². The standard InChI is InChI=1S/C18H14ClN5O4/c19-13-8-4-5-9-14(13)24-16(26)12(15(25)22-18(24)28)10-20-23-17(27)21-11-6-2-1-3-7-11/h1-10,26H,(H2,21,23,27)(H,22,25,28)/b20-10+. The molecule has 2 amide bonds. The first kappa shape index (κ1) is 18.9. The van der Waals surface area contributed by atoms with Gasteiger partial charge in [0.15, 0.2) is 0 Å². The molecule has 142 valence electrons. The highest BCUT2D eigenvalue weighted by molar-refractivity contribution is 6.32. The summed E-state index contributed by atoms with van der Waals surface area (Å²) < 4.78 is 0.828. The summed E-state index contributed by atoms with van der Waals surface area (Å²) in [6, 6.07) is 14.3. The maximum Gasteiger partial charge on any atom is 0.339 e. The lowest BCUT2D eigenvalue weighted by molar-refractivity contribution is 0.252. The summed E-state index contributed by atoms with van der Waals surface area (Å²) in [5, 5.41) is 16.7. The van der Waals surface area contributed by atoms with Gasteiger partial charge in [0.1, 0.15) is 5.56 Å². The van der Waals surface area contributed by atoms with Crippen LogP contribution in [0, 0.1) is 0 Å². The summed E-state index contributed by atoms with van der Waals surface area (Å²) in [5.74, 6) is -0.670. The summed E-state index contributed by atoms with van der Waals surface area (Å²) >= 11 is 6.06. The fourth-order valence-corrected chi connectivity index (χ4v) is 2.57. The molecular formula is C18H14ClN5O4. The molecule has 0 aliphatic carbocycles. The normalized spacial score (nSPS) is 10.8. The fraction of sp³-hybridized carbons (Fsp3) is 0. The summed E-state index contributed by atoms with van der Waals surface area (Å²) in [5.41, 5.74) is 0.798. The molecule has 0 saturated carbocycles. The Morgan fingerprint density at radius 3 is 2.50 bits per heavy atom. The van der Waals surface area contributed by atoms with Gasteiger partial charge in [-0.2, -0.15) is 5.10 Å². The van der Waals surface area contributed by atoms with E-state index in [1.807, 2.05) is 0 Å². The van der Waals surface area contributed by atoms with Crippen molar-refractivity contribution in [2.24, 2.45) is 5.10 Å². The van der Waals surface area contributed by atoms with E-state index in [2.05, 4.69) is 20.8 Å². The molecule has 0 spiro atoms. The molecule has 0 saturated heterocycles. The molecule has 3 aromatic rings. The average molecular weight is 400 g/mol. The van der Waals surface area contributed by atoms with Crippen LogP contribution in [0.15, 0.2) is 69.3 Å². The minimum absolute atomic E-state index is 0.173. The van der Waals surface area contributed by atoms with Crippen molar-refractivity contribution < 1.29 is 9.90 Å². The molecule has 0 fully saturated rings. The number of rotatable bonds is 4. The molecule has 0 radical (unpaired) electrons. The Bertz CT molecular complexity index is 1150. The molecule has 0 atom stereocenters. The number of carbonyl (C=O) groups is 1. The second-order valence-corrected chi connectivity index (χ2v) is 5.88. The third-order valence-electron chi connectivity index (χ3n) is 3.61. The van der Waals surface area contributed by atoms with Crippen LogP contribution in [0.4, 0.5) is 10.5 Å². The second-order valence-electron chi connectivity index (χ2n) is 5.47. The molecule has 0 unspecified atom stereocenters. The number of carbonyl (C=O) groups excluding carboxylic acids is 1. The minimum atomic E-state index is -0.875. The van der Waals surface area contributed by atoms with E-state index in [4.69, 9.17) is 11.6 Å². The number of urea groups is 1. The molecule has 4 N–H and O–H groups in total. The van der Waals surface area contributed by atoms with Gasteiger partial charge in [-0.05, 0) is 24.3 Å². The van der Waals surface area contributed by atoms with Gasteiger partial charge in [0.05, 0.1) is 16.9 Å². The van der Waals surface area contributed by atoms with E-state index in [-0.39, 0.29) is 16.3 Å². The number of nitrogens with one attached hydrogen (secondary N) is 3. The van der Waals surface area contributed by atoms with Crippen molar-refractivity contribution in [3.05, 3.63) is 86.0 Å². The third-order valence-corrected chi connectivity index (χ3v) is 3.93. The van der Waals surface area contributed by atoms with Gasteiger partial charge in [0, 0.05) is 5.69 Å². The fourth-order valence-electron chi connectivity index (χ4n) is 2.35. The molecule has 2 aromatic carbocycles. The van der Waals surface area contributed by atoms with Crippen LogP contribution in [0.5, 0.6) is 5.88 Å². The molecule has 0 aliphatic rings. The summed E-state index contributed by atoms with van der Waals surface area (Å²) in [6.07, 6.45) is 0.922. The Kier molecular flexibility index (Phi) is 5.56. The van der Waals surface area contributed by atoms with Crippen molar-refractivity contribution in [2.45, 2.75) is 0 Å². The van der Waals surface area contributed by atoms with E-state index < -0.39 is 23.2 Å². The number of benzene rings is 2. The Morgan fingerprint density at radius 1 is 1.11 bits per heavy atom. The SMILES string of the molecule is O=C(N/N=C/c1c(O)n(-c2ccccc2Cl)c(=O)[nH]c1=O)Nc1ccccc1. The van der Waals surface area contributed by atoms with Gasteiger partial charge in [0.25, 0.3) is 5.56 Å². The van der Waals surface area contributed by atoms with Crippen LogP contribution in [0.2, 0.25) is 5.02 Å². The van der Waals surface area contributed by atoms with Gasteiger partial charge in [-0.25, -0.2) is 19.6 Å². The number of hydrogen-bond donors (Lipinski definition) is 4. The van der Waals surface area contributed by atoms with Crippen molar-refractivity contribution in [3.8, 4) is 11.6 Å². The first-order chi connectivity index (χ1) is 13.5. The van der Waals surface area contributed by atoms with E-state index >= 15 is 0 Å². The van der Waals surface area contributed by atoms with E-state index in [0.29, 0.717) is 5.69 Å². The summed E-state index contributed by atoms with van der Waals surface area (Å²) in [6.45, 7) is 0. The van der Waals surface area contributed by atoms with E-state index in [1.54, 1.807) is 42.5 Å². The van der Waals surface area contributed by atoms with Crippen molar-refractivity contribution in [2.75, 3.05) is 5.32 Å². The third kappa shape index (κ3) is 4.10. The van der Waals surface area contributed by atoms with Crippen LogP contribution >= 0.6 is 11.6 Å². The first-order valence-electron chi connectivity index (χ1n) is 7.95. The number of halogens is 1. The lowest BCUT2D eigenvalue weighted by Gasteiger charge is -2.10. The van der Waals surface area contributed by atoms with Gasteiger partial charge < -0.3 is 10.4 Å². The highest BCUT2D eigenvalue weighted by Gasteiger charge is 2.16. The highest BCUT2D eigenvalue weighted by Crippen LogP contribution is 2.22. The monoisotopic (exact) mass is 399 g/mol.